The maximum Gasteiger partial charge on any atom is 0.0604 e. The summed E-state index contributed by atoms with van der Waals surface area (Å²) >= 11 is 2.37. The molecule has 0 unspecified atom stereocenters. The van der Waals surface area contributed by atoms with E-state index in [2.05, 4.69) is 91.8 Å². The van der Waals surface area contributed by atoms with E-state index in [1.54, 1.807) is 9.12 Å². The summed E-state index contributed by atoms with van der Waals surface area (Å²) in [6, 6.07) is 17.2. The van der Waals surface area contributed by atoms with Gasteiger partial charge in [0.25, 0.3) is 0 Å². The molecule has 4 aromatic rings. The number of aromatic nitrogens is 2. The second-order valence-corrected chi connectivity index (χ2v) is 7.17. The number of fused-ring (bicyclic) bond motifs is 2. The number of aryl methyl sites for hydroxylation is 1. The third-order valence-electron chi connectivity index (χ3n) is 4.31. The van der Waals surface area contributed by atoms with Crippen LogP contribution in [-0.2, 0) is 6.42 Å². The van der Waals surface area contributed by atoms with Gasteiger partial charge in [-0.15, -0.1) is 0 Å². The molecule has 0 atom stereocenters. The van der Waals surface area contributed by atoms with Gasteiger partial charge >= 0.3 is 0 Å². The maximum absolute atomic E-state index is 3.38. The van der Waals surface area contributed by atoms with Crippen LogP contribution in [0.25, 0.3) is 21.8 Å². The molecule has 0 aliphatic heterocycles. The van der Waals surface area contributed by atoms with Gasteiger partial charge in [-0.2, -0.15) is 0 Å². The first-order chi connectivity index (χ1) is 10.8. The Labute approximate surface area is 145 Å². The first-order valence-electron chi connectivity index (χ1n) is 7.22. The lowest BCUT2D eigenvalue weighted by atomic mass is 10.1. The summed E-state index contributed by atoms with van der Waals surface area (Å²) in [5.74, 6) is 0. The van der Waals surface area contributed by atoms with Crippen molar-refractivity contribution in [3.8, 4) is 0 Å². The minimum Gasteiger partial charge on any atom is -0.361 e. The molecule has 2 aromatic carbocycles. The Bertz CT molecular complexity index is 968. The van der Waals surface area contributed by atoms with Crippen LogP contribution >= 0.6 is 30.3 Å². The lowest BCUT2D eigenvalue weighted by molar-refractivity contribution is 1.07. The van der Waals surface area contributed by atoms with E-state index in [4.69, 9.17) is 0 Å². The number of para-hydroxylation sites is 2. The Morgan fingerprint density at radius 1 is 1.05 bits per heavy atom. The molecule has 0 saturated carbocycles. The van der Waals surface area contributed by atoms with E-state index in [1.165, 1.54) is 38.6 Å². The highest BCUT2D eigenvalue weighted by Crippen LogP contribution is 2.34. The molecular formula is C18H15IN2S. The Morgan fingerprint density at radius 3 is 2.59 bits per heavy atom. The van der Waals surface area contributed by atoms with Crippen molar-refractivity contribution in [2.75, 3.05) is 0 Å². The monoisotopic (exact) mass is 418 g/mol. The molecule has 0 saturated heterocycles. The Morgan fingerprint density at radius 2 is 1.77 bits per heavy atom. The topological polar surface area (TPSA) is 20.7 Å². The summed E-state index contributed by atoms with van der Waals surface area (Å²) in [5.41, 5.74) is 6.62. The van der Waals surface area contributed by atoms with Crippen molar-refractivity contribution in [3.63, 3.8) is 0 Å². The van der Waals surface area contributed by atoms with Crippen LogP contribution in [0.3, 0.4) is 0 Å². The number of rotatable bonds is 3. The summed E-state index contributed by atoms with van der Waals surface area (Å²) in [6.07, 6.45) is 3.09. The SMILES string of the molecule is Cc1c(Cc2c[nH]c3ccccc23)n(SI)c2ccccc12. The van der Waals surface area contributed by atoms with Crippen LogP contribution in [0.4, 0.5) is 0 Å². The third kappa shape index (κ3) is 2.16. The molecule has 0 radical (unpaired) electrons. The van der Waals surface area contributed by atoms with Crippen LogP contribution in [0.15, 0.2) is 54.7 Å². The number of aromatic amines is 1. The smallest absolute Gasteiger partial charge is 0.0604 e. The zero-order chi connectivity index (χ0) is 15.1. The molecule has 4 rings (SSSR count). The highest BCUT2D eigenvalue weighted by atomic mass is 127. The van der Waals surface area contributed by atoms with Gasteiger partial charge in [0.1, 0.15) is 0 Å². The minimum absolute atomic E-state index is 0.945. The number of hydrogen-bond donors (Lipinski definition) is 1. The summed E-state index contributed by atoms with van der Waals surface area (Å²) in [4.78, 5) is 3.38. The fraction of sp³-hybridized carbons (Fsp3) is 0.111. The van der Waals surface area contributed by atoms with E-state index >= 15 is 0 Å². The van der Waals surface area contributed by atoms with Gasteiger partial charge in [0, 0.05) is 64.9 Å². The second-order valence-electron chi connectivity index (χ2n) is 5.49. The summed E-state index contributed by atoms with van der Waals surface area (Å²) in [6.45, 7) is 2.23. The molecule has 4 heteroatoms. The van der Waals surface area contributed by atoms with Crippen molar-refractivity contribution in [1.29, 1.82) is 0 Å². The molecule has 110 valence electrons. The fourth-order valence-corrected chi connectivity index (χ4v) is 5.03. The normalized spacial score (nSPS) is 11.5. The van der Waals surface area contributed by atoms with Crippen molar-refractivity contribution in [1.82, 2.24) is 8.96 Å². The zero-order valence-electron chi connectivity index (χ0n) is 12.1. The van der Waals surface area contributed by atoms with E-state index in [0.29, 0.717) is 0 Å². The first-order valence-corrected chi connectivity index (χ1v) is 10.5. The van der Waals surface area contributed by atoms with Crippen molar-refractivity contribution in [2.45, 2.75) is 13.3 Å². The Kier molecular flexibility index (Phi) is 3.66. The van der Waals surface area contributed by atoms with Crippen LogP contribution < -0.4 is 0 Å². The lowest BCUT2D eigenvalue weighted by Gasteiger charge is -2.06. The van der Waals surface area contributed by atoms with Crippen molar-refractivity contribution in [3.05, 3.63) is 71.5 Å². The molecule has 0 amide bonds. The van der Waals surface area contributed by atoms with Crippen LogP contribution in [0.2, 0.25) is 0 Å². The lowest BCUT2D eigenvalue weighted by Crippen LogP contribution is -1.96. The average molecular weight is 418 g/mol. The Hall–Kier alpha value is -1.40. The number of nitrogens with one attached hydrogen (secondary N) is 1. The standard InChI is InChI=1S/C18H15IN2S/c1-12-14-6-3-5-9-17(14)21(22-19)18(12)10-13-11-20-16-8-4-2-7-15(13)16/h2-9,11,20H,10H2,1H3. The van der Waals surface area contributed by atoms with Crippen LogP contribution in [0.1, 0.15) is 16.8 Å². The zero-order valence-corrected chi connectivity index (χ0v) is 15.1. The highest BCUT2D eigenvalue weighted by Gasteiger charge is 2.15. The van der Waals surface area contributed by atoms with E-state index in [-0.39, 0.29) is 0 Å². The van der Waals surface area contributed by atoms with Crippen LogP contribution in [0, 0.1) is 6.92 Å². The Balaban J connectivity index is 1.89. The molecule has 2 aromatic heterocycles. The molecule has 2 heterocycles. The van der Waals surface area contributed by atoms with Crippen LogP contribution in [0.5, 0.6) is 0 Å². The van der Waals surface area contributed by atoms with Gasteiger partial charge in [0.2, 0.25) is 0 Å². The second kappa shape index (κ2) is 5.66. The molecule has 22 heavy (non-hydrogen) atoms. The molecule has 0 aliphatic rings. The van der Waals surface area contributed by atoms with E-state index in [1.807, 2.05) is 0 Å². The van der Waals surface area contributed by atoms with Gasteiger partial charge < -0.3 is 4.98 Å². The van der Waals surface area contributed by atoms with Gasteiger partial charge in [0.05, 0.1) is 5.52 Å². The van der Waals surface area contributed by atoms with Gasteiger partial charge in [0.15, 0.2) is 0 Å². The summed E-state index contributed by atoms with van der Waals surface area (Å²) in [7, 11) is 1.75. The predicted octanol–water partition coefficient (Wildman–Crippen LogP) is 5.87. The molecular weight excluding hydrogens is 403 g/mol. The largest absolute Gasteiger partial charge is 0.361 e. The van der Waals surface area contributed by atoms with Crippen molar-refractivity contribution in [2.24, 2.45) is 0 Å². The fourth-order valence-electron chi connectivity index (χ4n) is 3.16. The number of nitrogens with zero attached hydrogens (tertiary/aromatic N) is 1. The van der Waals surface area contributed by atoms with Gasteiger partial charge in [-0.3, -0.25) is 3.97 Å². The highest BCUT2D eigenvalue weighted by molar-refractivity contribution is 14.2. The minimum atomic E-state index is 0.945. The van der Waals surface area contributed by atoms with Crippen molar-refractivity contribution < 1.29 is 0 Å². The summed E-state index contributed by atoms with van der Waals surface area (Å²) in [5, 5.41) is 2.67. The van der Waals surface area contributed by atoms with Crippen molar-refractivity contribution >= 4 is 52.1 Å². The third-order valence-corrected chi connectivity index (χ3v) is 6.04. The molecule has 0 fully saturated rings. The molecule has 2 nitrogen and oxygen atoms in total. The first kappa shape index (κ1) is 14.2. The van der Waals surface area contributed by atoms with E-state index in [0.717, 1.165) is 6.42 Å². The number of hydrogen-bond acceptors (Lipinski definition) is 1. The van der Waals surface area contributed by atoms with Gasteiger partial charge in [-0.25, -0.2) is 0 Å². The average Bonchev–Trinajstić information content (AvgIpc) is 3.09. The molecule has 0 bridgehead atoms. The van der Waals surface area contributed by atoms with Gasteiger partial charge in [-0.05, 0) is 30.2 Å². The number of halogens is 1. The molecule has 0 aliphatic carbocycles. The number of H-pyrrole nitrogens is 1. The number of benzene rings is 2. The van der Waals surface area contributed by atoms with E-state index in [9.17, 15) is 0 Å². The quantitative estimate of drug-likeness (QED) is 0.413. The van der Waals surface area contributed by atoms with Gasteiger partial charge in [-0.1, -0.05) is 36.4 Å². The summed E-state index contributed by atoms with van der Waals surface area (Å²) < 4.78 is 2.35. The van der Waals surface area contributed by atoms with E-state index < -0.39 is 0 Å². The molecule has 0 spiro atoms. The predicted molar refractivity (Wildman–Crippen MR) is 105 cm³/mol. The van der Waals surface area contributed by atoms with Crippen LogP contribution in [-0.4, -0.2) is 8.96 Å². The maximum atomic E-state index is 3.38. The molecule has 1 N–H and O–H groups in total.